The maximum atomic E-state index is 6.25. The van der Waals surface area contributed by atoms with Crippen molar-refractivity contribution in [1.82, 2.24) is 4.90 Å². The molecule has 0 N–H and O–H groups in total. The van der Waals surface area contributed by atoms with Crippen LogP contribution in [0.25, 0.3) is 0 Å². The molecule has 2 unspecified atom stereocenters. The molecule has 0 bridgehead atoms. The van der Waals surface area contributed by atoms with Gasteiger partial charge in [-0.15, -0.1) is 12.4 Å². The third-order valence-corrected chi connectivity index (χ3v) is 9.28. The summed E-state index contributed by atoms with van der Waals surface area (Å²) in [7, 11) is 1.77. The van der Waals surface area contributed by atoms with Crippen LogP contribution in [0.2, 0.25) is 0 Å². The zero-order chi connectivity index (χ0) is 24.4. The second-order valence-corrected chi connectivity index (χ2v) is 11.2. The minimum absolute atomic E-state index is 0. The van der Waals surface area contributed by atoms with E-state index in [0.29, 0.717) is 5.54 Å². The molecule has 3 aliphatic rings. The molecule has 1 fully saturated rings. The first kappa shape index (κ1) is 26.3. The molecular weight excluding hydrogens is 478 g/mol. The molecule has 3 nitrogen and oxygen atoms in total. The molecule has 0 saturated carbocycles. The summed E-state index contributed by atoms with van der Waals surface area (Å²) in [5, 5.41) is 0. The number of nitrogens with zero attached hydrogens (tertiary/aromatic N) is 1. The molecule has 3 aromatic carbocycles. The topological polar surface area (TPSA) is 21.7 Å². The molecule has 37 heavy (non-hydrogen) atoms. The van der Waals surface area contributed by atoms with Crippen LogP contribution >= 0.6 is 12.4 Å². The van der Waals surface area contributed by atoms with Crippen LogP contribution in [0.15, 0.2) is 72.8 Å². The molecule has 1 spiro atoms. The summed E-state index contributed by atoms with van der Waals surface area (Å²) < 4.78 is 11.8. The average Bonchev–Trinajstić information content (AvgIpc) is 2.94. The molecule has 2 atom stereocenters. The van der Waals surface area contributed by atoms with Gasteiger partial charge in [0.2, 0.25) is 0 Å². The molecule has 0 amide bonds. The zero-order valence-electron chi connectivity index (χ0n) is 22.1. The van der Waals surface area contributed by atoms with E-state index in [1.807, 2.05) is 0 Å². The number of likely N-dealkylation sites (tertiary alicyclic amines) is 1. The molecule has 1 aliphatic carbocycles. The van der Waals surface area contributed by atoms with Gasteiger partial charge in [-0.2, -0.15) is 0 Å². The first-order valence-electron chi connectivity index (χ1n) is 13.9. The molecule has 0 aromatic heterocycles. The average molecular weight is 518 g/mol. The molecule has 1 saturated heterocycles. The quantitative estimate of drug-likeness (QED) is 0.347. The summed E-state index contributed by atoms with van der Waals surface area (Å²) in [6.07, 6.45) is 9.93. The van der Waals surface area contributed by atoms with Crippen molar-refractivity contribution in [1.29, 1.82) is 0 Å². The number of benzene rings is 3. The number of aryl methyl sites for hydroxylation is 1. The van der Waals surface area contributed by atoms with Crippen LogP contribution in [0.1, 0.15) is 66.3 Å². The van der Waals surface area contributed by atoms with Crippen LogP contribution in [0.4, 0.5) is 0 Å². The number of halogens is 1. The Morgan fingerprint density at radius 3 is 2.59 bits per heavy atom. The van der Waals surface area contributed by atoms with E-state index in [0.717, 1.165) is 31.8 Å². The summed E-state index contributed by atoms with van der Waals surface area (Å²) in [6, 6.07) is 26.8. The molecule has 0 radical (unpaired) electrons. The third-order valence-electron chi connectivity index (χ3n) is 9.28. The largest absolute Gasteiger partial charge is 0.497 e. The molecule has 196 valence electrons. The summed E-state index contributed by atoms with van der Waals surface area (Å²) in [5.74, 6) is 0.992. The molecule has 6 rings (SSSR count). The Bertz CT molecular complexity index is 1200. The van der Waals surface area contributed by atoms with Gasteiger partial charge in [-0.1, -0.05) is 67.1 Å². The fourth-order valence-corrected chi connectivity index (χ4v) is 7.37. The van der Waals surface area contributed by atoms with Crippen molar-refractivity contribution >= 4 is 12.4 Å². The Balaban J connectivity index is 0.00000280. The Kier molecular flexibility index (Phi) is 7.95. The van der Waals surface area contributed by atoms with Gasteiger partial charge in [-0.05, 0) is 98.0 Å². The number of fused-ring (bicyclic) bond motifs is 2. The van der Waals surface area contributed by atoms with Crippen LogP contribution in [-0.4, -0.2) is 37.2 Å². The van der Waals surface area contributed by atoms with E-state index in [1.165, 1.54) is 79.4 Å². The van der Waals surface area contributed by atoms with Crippen LogP contribution in [0.3, 0.4) is 0 Å². The van der Waals surface area contributed by atoms with Crippen LogP contribution in [0, 0.1) is 0 Å². The van der Waals surface area contributed by atoms with Gasteiger partial charge in [0.1, 0.15) is 5.75 Å². The Labute approximate surface area is 228 Å². The van der Waals surface area contributed by atoms with Crippen molar-refractivity contribution in [2.75, 3.05) is 26.8 Å². The lowest BCUT2D eigenvalue weighted by Gasteiger charge is -2.50. The number of hydrogen-bond donors (Lipinski definition) is 0. The van der Waals surface area contributed by atoms with Gasteiger partial charge in [0.05, 0.1) is 20.3 Å². The van der Waals surface area contributed by atoms with E-state index < -0.39 is 0 Å². The van der Waals surface area contributed by atoms with E-state index >= 15 is 0 Å². The van der Waals surface area contributed by atoms with Gasteiger partial charge in [0.15, 0.2) is 0 Å². The minimum Gasteiger partial charge on any atom is -0.497 e. The SMILES string of the molecule is COc1ccc2c(c1)CCC1(CCCCN1CCCC1(c3ccccc3)COCc3ccccc31)C2.Cl. The zero-order valence-corrected chi connectivity index (χ0v) is 22.9. The smallest absolute Gasteiger partial charge is 0.119 e. The van der Waals surface area contributed by atoms with Gasteiger partial charge < -0.3 is 9.47 Å². The highest BCUT2D eigenvalue weighted by Crippen LogP contribution is 2.44. The van der Waals surface area contributed by atoms with Gasteiger partial charge in [-0.25, -0.2) is 0 Å². The van der Waals surface area contributed by atoms with Crippen LogP contribution in [0.5, 0.6) is 5.75 Å². The van der Waals surface area contributed by atoms with E-state index in [2.05, 4.69) is 77.7 Å². The summed E-state index contributed by atoms with van der Waals surface area (Å²) in [6.45, 7) is 3.90. The summed E-state index contributed by atoms with van der Waals surface area (Å²) in [5.41, 5.74) is 7.49. The molecule has 2 heterocycles. The minimum atomic E-state index is -0.0607. The molecule has 2 aliphatic heterocycles. The van der Waals surface area contributed by atoms with Crippen molar-refractivity contribution in [3.8, 4) is 5.75 Å². The predicted molar refractivity (Wildman–Crippen MR) is 153 cm³/mol. The number of piperidine rings is 1. The predicted octanol–water partition coefficient (Wildman–Crippen LogP) is 7.13. The van der Waals surface area contributed by atoms with Crippen molar-refractivity contribution in [2.24, 2.45) is 0 Å². The number of ether oxygens (including phenoxy) is 2. The maximum Gasteiger partial charge on any atom is 0.119 e. The number of rotatable bonds is 6. The Hall–Kier alpha value is -2.33. The maximum absolute atomic E-state index is 6.25. The second-order valence-electron chi connectivity index (χ2n) is 11.2. The monoisotopic (exact) mass is 517 g/mol. The van der Waals surface area contributed by atoms with Gasteiger partial charge in [-0.3, -0.25) is 4.90 Å². The lowest BCUT2D eigenvalue weighted by molar-refractivity contribution is 0.0261. The molecule has 4 heteroatoms. The van der Waals surface area contributed by atoms with Crippen molar-refractivity contribution in [3.05, 3.63) is 101 Å². The highest BCUT2D eigenvalue weighted by molar-refractivity contribution is 5.85. The Morgan fingerprint density at radius 1 is 0.892 bits per heavy atom. The third kappa shape index (κ3) is 4.94. The van der Waals surface area contributed by atoms with Crippen molar-refractivity contribution in [3.63, 3.8) is 0 Å². The first-order valence-corrected chi connectivity index (χ1v) is 13.9. The normalized spacial score (nSPS) is 25.1. The fourth-order valence-electron chi connectivity index (χ4n) is 7.37. The van der Waals surface area contributed by atoms with Gasteiger partial charge >= 0.3 is 0 Å². The molecular formula is C33H40ClNO2. The Morgan fingerprint density at radius 2 is 1.73 bits per heavy atom. The van der Waals surface area contributed by atoms with Crippen molar-refractivity contribution < 1.29 is 9.47 Å². The van der Waals surface area contributed by atoms with Gasteiger partial charge in [0.25, 0.3) is 0 Å². The van der Waals surface area contributed by atoms with Gasteiger partial charge in [0, 0.05) is 11.0 Å². The number of hydrogen-bond acceptors (Lipinski definition) is 3. The van der Waals surface area contributed by atoms with E-state index in [9.17, 15) is 0 Å². The highest BCUT2D eigenvalue weighted by atomic mass is 35.5. The fraction of sp³-hybridized carbons (Fsp3) is 0.455. The standard InChI is InChI=1S/C33H39NO2.ClH/c1-35-30-15-14-27-23-32(19-16-26(27)22-30)17-7-8-20-34(32)21-9-18-33(29-11-3-2-4-12-29)25-36-24-28-10-5-6-13-31(28)33;/h2-6,10-15,22H,7-9,16-21,23-25H2,1H3;1H. The van der Waals surface area contributed by atoms with E-state index in [-0.39, 0.29) is 17.8 Å². The molecule has 3 aromatic rings. The highest BCUT2D eigenvalue weighted by Gasteiger charge is 2.42. The first-order chi connectivity index (χ1) is 17.7. The van der Waals surface area contributed by atoms with Crippen molar-refractivity contribution in [2.45, 2.75) is 68.9 Å². The van der Waals surface area contributed by atoms with E-state index in [4.69, 9.17) is 9.47 Å². The summed E-state index contributed by atoms with van der Waals surface area (Å²) in [4.78, 5) is 2.87. The van der Waals surface area contributed by atoms with Crippen LogP contribution < -0.4 is 4.74 Å². The summed E-state index contributed by atoms with van der Waals surface area (Å²) >= 11 is 0. The lowest BCUT2D eigenvalue weighted by atomic mass is 9.69. The number of methoxy groups -OCH3 is 1. The second kappa shape index (κ2) is 11.2. The van der Waals surface area contributed by atoms with E-state index in [1.54, 1.807) is 7.11 Å². The lowest BCUT2D eigenvalue weighted by Crippen LogP contribution is -2.55. The van der Waals surface area contributed by atoms with Crippen LogP contribution in [-0.2, 0) is 29.6 Å².